The molecule has 0 radical (unpaired) electrons. The topological polar surface area (TPSA) is 9.23 Å². The van der Waals surface area contributed by atoms with Crippen molar-refractivity contribution in [3.05, 3.63) is 64.7 Å². The number of ether oxygens (including phenoxy) is 1. The summed E-state index contributed by atoms with van der Waals surface area (Å²) < 4.78 is 5.78. The van der Waals surface area contributed by atoms with Crippen LogP contribution >= 0.6 is 11.6 Å². The highest BCUT2D eigenvalue weighted by molar-refractivity contribution is 6.30. The molecule has 2 aromatic carbocycles. The van der Waals surface area contributed by atoms with Crippen LogP contribution in [0.25, 0.3) is 0 Å². The van der Waals surface area contributed by atoms with Crippen LogP contribution in [0, 0.1) is 0 Å². The fraction of sp³-hybridized carbons (Fsp3) is 0.250. The lowest BCUT2D eigenvalue weighted by Gasteiger charge is -2.10. The SMILES string of the molecule is CC(C)c1cccc(OCc2cccc(Cl)c2)c1. The van der Waals surface area contributed by atoms with Crippen molar-refractivity contribution in [2.24, 2.45) is 0 Å². The average molecular weight is 261 g/mol. The molecule has 0 aliphatic heterocycles. The van der Waals surface area contributed by atoms with E-state index in [1.807, 2.05) is 36.4 Å². The van der Waals surface area contributed by atoms with Gasteiger partial charge in [-0.3, -0.25) is 0 Å². The van der Waals surface area contributed by atoms with Crippen molar-refractivity contribution in [3.63, 3.8) is 0 Å². The fourth-order valence-electron chi connectivity index (χ4n) is 1.76. The largest absolute Gasteiger partial charge is 0.489 e. The van der Waals surface area contributed by atoms with E-state index in [0.717, 1.165) is 16.3 Å². The summed E-state index contributed by atoms with van der Waals surface area (Å²) in [6.07, 6.45) is 0. The summed E-state index contributed by atoms with van der Waals surface area (Å²) in [5.74, 6) is 1.42. The minimum absolute atomic E-state index is 0.514. The maximum atomic E-state index is 5.94. The molecule has 0 unspecified atom stereocenters. The molecule has 0 N–H and O–H groups in total. The molecule has 0 saturated heterocycles. The zero-order valence-electron chi connectivity index (χ0n) is 10.7. The van der Waals surface area contributed by atoms with E-state index in [9.17, 15) is 0 Å². The van der Waals surface area contributed by atoms with E-state index >= 15 is 0 Å². The normalized spacial score (nSPS) is 10.7. The summed E-state index contributed by atoms with van der Waals surface area (Å²) in [7, 11) is 0. The monoisotopic (exact) mass is 260 g/mol. The van der Waals surface area contributed by atoms with Crippen LogP contribution in [0.2, 0.25) is 5.02 Å². The maximum Gasteiger partial charge on any atom is 0.120 e. The van der Waals surface area contributed by atoms with Gasteiger partial charge in [0.1, 0.15) is 12.4 Å². The average Bonchev–Trinajstić information content (AvgIpc) is 2.37. The zero-order valence-corrected chi connectivity index (χ0v) is 11.4. The number of hydrogen-bond acceptors (Lipinski definition) is 1. The number of benzene rings is 2. The first-order valence-electron chi connectivity index (χ1n) is 6.12. The van der Waals surface area contributed by atoms with Gasteiger partial charge in [0.15, 0.2) is 0 Å². The molecule has 0 fully saturated rings. The Morgan fingerprint density at radius 2 is 1.83 bits per heavy atom. The molecule has 18 heavy (non-hydrogen) atoms. The Hall–Kier alpha value is -1.47. The number of hydrogen-bond donors (Lipinski definition) is 0. The van der Waals surface area contributed by atoms with Gasteiger partial charge in [0, 0.05) is 5.02 Å². The minimum atomic E-state index is 0.514. The first-order chi connectivity index (χ1) is 8.65. The molecule has 94 valence electrons. The van der Waals surface area contributed by atoms with Crippen molar-refractivity contribution in [2.45, 2.75) is 26.4 Å². The van der Waals surface area contributed by atoms with Gasteiger partial charge >= 0.3 is 0 Å². The Kier molecular flexibility index (Phi) is 4.27. The van der Waals surface area contributed by atoms with Crippen molar-refractivity contribution in [1.29, 1.82) is 0 Å². The highest BCUT2D eigenvalue weighted by Gasteiger charge is 2.01. The Labute approximate surface area is 113 Å². The van der Waals surface area contributed by atoms with Crippen LogP contribution in [0.3, 0.4) is 0 Å². The van der Waals surface area contributed by atoms with Crippen LogP contribution in [0.15, 0.2) is 48.5 Å². The van der Waals surface area contributed by atoms with E-state index < -0.39 is 0 Å². The van der Waals surface area contributed by atoms with Crippen LogP contribution < -0.4 is 4.74 Å². The van der Waals surface area contributed by atoms with Gasteiger partial charge in [-0.05, 0) is 41.3 Å². The van der Waals surface area contributed by atoms with E-state index in [1.54, 1.807) is 0 Å². The molecule has 0 bridgehead atoms. The van der Waals surface area contributed by atoms with Crippen molar-refractivity contribution in [2.75, 3.05) is 0 Å². The lowest BCUT2D eigenvalue weighted by molar-refractivity contribution is 0.306. The third-order valence-corrected chi connectivity index (χ3v) is 3.05. The van der Waals surface area contributed by atoms with Gasteiger partial charge in [-0.2, -0.15) is 0 Å². The van der Waals surface area contributed by atoms with Gasteiger partial charge in [0.25, 0.3) is 0 Å². The van der Waals surface area contributed by atoms with Gasteiger partial charge in [-0.1, -0.05) is 49.7 Å². The number of rotatable bonds is 4. The van der Waals surface area contributed by atoms with E-state index in [4.69, 9.17) is 16.3 Å². The predicted molar refractivity (Wildman–Crippen MR) is 76.3 cm³/mol. The lowest BCUT2D eigenvalue weighted by Crippen LogP contribution is -1.96. The summed E-state index contributed by atoms with van der Waals surface area (Å²) >= 11 is 5.94. The van der Waals surface area contributed by atoms with Gasteiger partial charge in [0.2, 0.25) is 0 Å². The van der Waals surface area contributed by atoms with E-state index in [0.29, 0.717) is 12.5 Å². The van der Waals surface area contributed by atoms with E-state index in [2.05, 4.69) is 26.0 Å². The van der Waals surface area contributed by atoms with Crippen molar-refractivity contribution >= 4 is 11.6 Å². The van der Waals surface area contributed by atoms with Gasteiger partial charge < -0.3 is 4.74 Å². The molecular weight excluding hydrogens is 244 g/mol. The number of halogens is 1. The summed E-state index contributed by atoms with van der Waals surface area (Å²) in [5.41, 5.74) is 2.37. The summed E-state index contributed by atoms with van der Waals surface area (Å²) in [4.78, 5) is 0. The summed E-state index contributed by atoms with van der Waals surface area (Å²) in [5, 5.41) is 0.743. The van der Waals surface area contributed by atoms with Gasteiger partial charge in [0.05, 0.1) is 0 Å². The van der Waals surface area contributed by atoms with Gasteiger partial charge in [-0.15, -0.1) is 0 Å². The maximum absolute atomic E-state index is 5.94. The van der Waals surface area contributed by atoms with Crippen LogP contribution in [-0.2, 0) is 6.61 Å². The molecule has 0 saturated carbocycles. The Morgan fingerprint density at radius 1 is 1.06 bits per heavy atom. The molecule has 0 amide bonds. The van der Waals surface area contributed by atoms with Crippen molar-refractivity contribution in [1.82, 2.24) is 0 Å². The smallest absolute Gasteiger partial charge is 0.120 e. The standard InChI is InChI=1S/C16H17ClO/c1-12(2)14-6-4-8-16(10-14)18-11-13-5-3-7-15(17)9-13/h3-10,12H,11H2,1-2H3. The second kappa shape index (κ2) is 5.92. The Bertz CT molecular complexity index is 520. The highest BCUT2D eigenvalue weighted by Crippen LogP contribution is 2.21. The van der Waals surface area contributed by atoms with Gasteiger partial charge in [-0.25, -0.2) is 0 Å². The fourth-order valence-corrected chi connectivity index (χ4v) is 1.97. The van der Waals surface area contributed by atoms with Crippen molar-refractivity contribution in [3.8, 4) is 5.75 Å². The third-order valence-electron chi connectivity index (χ3n) is 2.82. The van der Waals surface area contributed by atoms with E-state index in [1.165, 1.54) is 5.56 Å². The zero-order chi connectivity index (χ0) is 13.0. The molecule has 0 atom stereocenters. The molecule has 2 rings (SSSR count). The molecule has 0 spiro atoms. The second-order valence-corrected chi connectivity index (χ2v) is 5.08. The second-order valence-electron chi connectivity index (χ2n) is 4.65. The highest BCUT2D eigenvalue weighted by atomic mass is 35.5. The third kappa shape index (κ3) is 3.51. The lowest BCUT2D eigenvalue weighted by atomic mass is 10.0. The van der Waals surface area contributed by atoms with Crippen LogP contribution in [0.4, 0.5) is 0 Å². The molecule has 0 heterocycles. The minimum Gasteiger partial charge on any atom is -0.489 e. The predicted octanol–water partition coefficient (Wildman–Crippen LogP) is 5.04. The van der Waals surface area contributed by atoms with Crippen LogP contribution in [0.5, 0.6) is 5.75 Å². The summed E-state index contributed by atoms with van der Waals surface area (Å²) in [6, 6.07) is 16.0. The first kappa shape index (κ1) is 13.0. The molecule has 0 aromatic heterocycles. The quantitative estimate of drug-likeness (QED) is 0.748. The van der Waals surface area contributed by atoms with Crippen molar-refractivity contribution < 1.29 is 4.74 Å². The molecule has 0 aliphatic rings. The molecule has 2 heteroatoms. The van der Waals surface area contributed by atoms with E-state index in [-0.39, 0.29) is 0 Å². The van der Waals surface area contributed by atoms with Crippen LogP contribution in [-0.4, -0.2) is 0 Å². The molecule has 1 nitrogen and oxygen atoms in total. The summed E-state index contributed by atoms with van der Waals surface area (Å²) in [6.45, 7) is 4.90. The van der Waals surface area contributed by atoms with Crippen LogP contribution in [0.1, 0.15) is 30.9 Å². The Morgan fingerprint density at radius 3 is 2.56 bits per heavy atom. The Balaban J connectivity index is 2.04. The molecule has 0 aliphatic carbocycles. The molecule has 2 aromatic rings. The first-order valence-corrected chi connectivity index (χ1v) is 6.50. The molecular formula is C16H17ClO.